The third-order valence-electron chi connectivity index (χ3n) is 3.37. The Hall–Kier alpha value is -0.930. The Kier molecular flexibility index (Phi) is 3.91. The Morgan fingerprint density at radius 2 is 2.25 bits per heavy atom. The van der Waals surface area contributed by atoms with Crippen LogP contribution in [0.25, 0.3) is 0 Å². The molecule has 2 heterocycles. The van der Waals surface area contributed by atoms with Crippen molar-refractivity contribution < 1.29 is 4.74 Å². The molecule has 0 aromatic carbocycles. The fourth-order valence-corrected chi connectivity index (χ4v) is 2.41. The number of nitrogens with zero attached hydrogens (tertiary/aromatic N) is 1. The lowest BCUT2D eigenvalue weighted by Gasteiger charge is -2.21. The minimum absolute atomic E-state index is 0.415. The monoisotopic (exact) mass is 220 g/mol. The maximum Gasteiger partial charge on any atom is 0.0551 e. The molecule has 1 aromatic rings. The number of rotatable bonds is 4. The van der Waals surface area contributed by atoms with E-state index in [1.54, 1.807) is 0 Å². The SMILES string of the molecule is CNC(Cc1ccncc1)C1COC(C)C1. The molecule has 1 aliphatic rings. The number of likely N-dealkylation sites (N-methyl/N-ethyl adjacent to an activating group) is 1. The van der Waals surface area contributed by atoms with E-state index in [4.69, 9.17) is 4.74 Å². The number of ether oxygens (including phenoxy) is 1. The molecule has 0 saturated carbocycles. The van der Waals surface area contributed by atoms with Crippen LogP contribution in [0.4, 0.5) is 0 Å². The summed E-state index contributed by atoms with van der Waals surface area (Å²) in [4.78, 5) is 4.04. The largest absolute Gasteiger partial charge is 0.378 e. The van der Waals surface area contributed by atoms with Crippen LogP contribution >= 0.6 is 0 Å². The van der Waals surface area contributed by atoms with Crippen molar-refractivity contribution >= 4 is 0 Å². The molecule has 0 aliphatic carbocycles. The summed E-state index contributed by atoms with van der Waals surface area (Å²) in [7, 11) is 2.04. The maximum absolute atomic E-state index is 5.63. The highest BCUT2D eigenvalue weighted by Crippen LogP contribution is 2.24. The summed E-state index contributed by atoms with van der Waals surface area (Å²) >= 11 is 0. The average molecular weight is 220 g/mol. The van der Waals surface area contributed by atoms with Gasteiger partial charge in [0.05, 0.1) is 12.7 Å². The number of aromatic nitrogens is 1. The Labute approximate surface area is 97.2 Å². The second kappa shape index (κ2) is 5.41. The summed E-state index contributed by atoms with van der Waals surface area (Å²) < 4.78 is 5.63. The summed E-state index contributed by atoms with van der Waals surface area (Å²) in [6.07, 6.45) is 6.35. The van der Waals surface area contributed by atoms with Crippen molar-refractivity contribution in [3.8, 4) is 0 Å². The molecular formula is C13H20N2O. The summed E-state index contributed by atoms with van der Waals surface area (Å²) in [5.74, 6) is 0.633. The van der Waals surface area contributed by atoms with E-state index in [2.05, 4.69) is 29.4 Å². The molecule has 88 valence electrons. The van der Waals surface area contributed by atoms with Crippen LogP contribution in [0.3, 0.4) is 0 Å². The quantitative estimate of drug-likeness (QED) is 0.837. The Bertz CT molecular complexity index is 315. The molecule has 3 heteroatoms. The molecule has 0 bridgehead atoms. The van der Waals surface area contributed by atoms with Crippen LogP contribution in [-0.4, -0.2) is 30.8 Å². The number of nitrogens with one attached hydrogen (secondary N) is 1. The minimum Gasteiger partial charge on any atom is -0.378 e. The number of hydrogen-bond donors (Lipinski definition) is 1. The lowest BCUT2D eigenvalue weighted by Crippen LogP contribution is -2.36. The standard InChI is InChI=1S/C13H20N2O/c1-10-7-12(9-16-10)13(14-2)8-11-3-5-15-6-4-11/h3-6,10,12-14H,7-9H2,1-2H3. The van der Waals surface area contributed by atoms with Crippen molar-refractivity contribution in [1.82, 2.24) is 10.3 Å². The zero-order chi connectivity index (χ0) is 11.4. The van der Waals surface area contributed by atoms with Gasteiger partial charge in [0.15, 0.2) is 0 Å². The first-order valence-electron chi connectivity index (χ1n) is 5.97. The van der Waals surface area contributed by atoms with Gasteiger partial charge in [-0.2, -0.15) is 0 Å². The fraction of sp³-hybridized carbons (Fsp3) is 0.615. The topological polar surface area (TPSA) is 34.2 Å². The number of hydrogen-bond acceptors (Lipinski definition) is 3. The van der Waals surface area contributed by atoms with Crippen LogP contribution in [0.5, 0.6) is 0 Å². The fourth-order valence-electron chi connectivity index (χ4n) is 2.41. The van der Waals surface area contributed by atoms with Crippen LogP contribution in [0.2, 0.25) is 0 Å². The highest BCUT2D eigenvalue weighted by molar-refractivity contribution is 5.12. The van der Waals surface area contributed by atoms with Gasteiger partial charge in [0.1, 0.15) is 0 Å². The van der Waals surface area contributed by atoms with Crippen molar-refractivity contribution in [2.24, 2.45) is 5.92 Å². The molecule has 3 nitrogen and oxygen atoms in total. The van der Waals surface area contributed by atoms with Gasteiger partial charge < -0.3 is 10.1 Å². The normalized spacial score (nSPS) is 26.9. The van der Waals surface area contributed by atoms with Gasteiger partial charge in [-0.25, -0.2) is 0 Å². The van der Waals surface area contributed by atoms with Gasteiger partial charge in [0, 0.05) is 24.4 Å². The molecule has 1 N–H and O–H groups in total. The molecule has 1 aliphatic heterocycles. The zero-order valence-corrected chi connectivity index (χ0v) is 10.0. The molecule has 2 rings (SSSR count). The molecule has 1 fully saturated rings. The van der Waals surface area contributed by atoms with E-state index in [1.807, 2.05) is 19.4 Å². The van der Waals surface area contributed by atoms with Crippen molar-refractivity contribution in [2.45, 2.75) is 31.9 Å². The summed E-state index contributed by atoms with van der Waals surface area (Å²) in [5.41, 5.74) is 1.34. The lowest BCUT2D eigenvalue weighted by molar-refractivity contribution is 0.117. The summed E-state index contributed by atoms with van der Waals surface area (Å²) in [6, 6.07) is 4.68. The van der Waals surface area contributed by atoms with Gasteiger partial charge in [-0.15, -0.1) is 0 Å². The zero-order valence-electron chi connectivity index (χ0n) is 10.0. The van der Waals surface area contributed by atoms with E-state index in [-0.39, 0.29) is 0 Å². The first kappa shape index (κ1) is 11.6. The van der Waals surface area contributed by atoms with Crippen molar-refractivity contribution in [1.29, 1.82) is 0 Å². The van der Waals surface area contributed by atoms with E-state index in [0.29, 0.717) is 18.1 Å². The van der Waals surface area contributed by atoms with Gasteiger partial charge in [-0.1, -0.05) is 0 Å². The Balaban J connectivity index is 1.96. The van der Waals surface area contributed by atoms with Gasteiger partial charge in [0.25, 0.3) is 0 Å². The van der Waals surface area contributed by atoms with Crippen molar-refractivity contribution in [3.05, 3.63) is 30.1 Å². The molecule has 0 radical (unpaired) electrons. The highest BCUT2D eigenvalue weighted by atomic mass is 16.5. The smallest absolute Gasteiger partial charge is 0.0551 e. The van der Waals surface area contributed by atoms with Crippen LogP contribution in [-0.2, 0) is 11.2 Å². The molecule has 3 unspecified atom stereocenters. The average Bonchev–Trinajstić information content (AvgIpc) is 2.74. The summed E-state index contributed by atoms with van der Waals surface area (Å²) in [5, 5.41) is 3.41. The highest BCUT2D eigenvalue weighted by Gasteiger charge is 2.28. The predicted molar refractivity (Wildman–Crippen MR) is 64.3 cm³/mol. The third-order valence-corrected chi connectivity index (χ3v) is 3.37. The van der Waals surface area contributed by atoms with Crippen LogP contribution in [0.1, 0.15) is 18.9 Å². The molecule has 0 spiro atoms. The first-order chi connectivity index (χ1) is 7.79. The second-order valence-electron chi connectivity index (χ2n) is 4.59. The first-order valence-corrected chi connectivity index (χ1v) is 5.97. The lowest BCUT2D eigenvalue weighted by atomic mass is 9.92. The van der Waals surface area contributed by atoms with E-state index in [1.165, 1.54) is 5.56 Å². The minimum atomic E-state index is 0.415. The van der Waals surface area contributed by atoms with E-state index in [9.17, 15) is 0 Å². The van der Waals surface area contributed by atoms with Gasteiger partial charge in [-0.3, -0.25) is 4.98 Å². The Morgan fingerprint density at radius 1 is 1.50 bits per heavy atom. The molecule has 0 amide bonds. The van der Waals surface area contributed by atoms with Crippen molar-refractivity contribution in [3.63, 3.8) is 0 Å². The van der Waals surface area contributed by atoms with E-state index >= 15 is 0 Å². The van der Waals surface area contributed by atoms with Crippen molar-refractivity contribution in [2.75, 3.05) is 13.7 Å². The predicted octanol–water partition coefficient (Wildman–Crippen LogP) is 1.64. The van der Waals surface area contributed by atoms with Crippen LogP contribution in [0, 0.1) is 5.92 Å². The molecule has 16 heavy (non-hydrogen) atoms. The third kappa shape index (κ3) is 2.80. The molecule has 1 saturated heterocycles. The maximum atomic E-state index is 5.63. The Morgan fingerprint density at radius 3 is 2.81 bits per heavy atom. The second-order valence-corrected chi connectivity index (χ2v) is 4.59. The van der Waals surface area contributed by atoms with Gasteiger partial charge in [-0.05, 0) is 44.5 Å². The molecule has 3 atom stereocenters. The van der Waals surface area contributed by atoms with Crippen LogP contribution in [0.15, 0.2) is 24.5 Å². The number of pyridine rings is 1. The van der Waals surface area contributed by atoms with Gasteiger partial charge >= 0.3 is 0 Å². The van der Waals surface area contributed by atoms with E-state index in [0.717, 1.165) is 19.4 Å². The molecular weight excluding hydrogens is 200 g/mol. The van der Waals surface area contributed by atoms with Crippen LogP contribution < -0.4 is 5.32 Å². The summed E-state index contributed by atoms with van der Waals surface area (Å²) in [6.45, 7) is 3.04. The van der Waals surface area contributed by atoms with E-state index < -0.39 is 0 Å². The molecule has 1 aromatic heterocycles. The van der Waals surface area contributed by atoms with Gasteiger partial charge in [0.2, 0.25) is 0 Å².